The van der Waals surface area contributed by atoms with Gasteiger partial charge in [0.05, 0.1) is 29.1 Å². The van der Waals surface area contributed by atoms with Crippen molar-refractivity contribution in [3.8, 4) is 5.75 Å². The molecule has 4 nitrogen and oxygen atoms in total. The van der Waals surface area contributed by atoms with Crippen molar-refractivity contribution in [2.24, 2.45) is 9.98 Å². The molecule has 0 unspecified atom stereocenters. The number of halogens is 4. The number of benzene rings is 2. The molecular weight excluding hydrogens is 350 g/mol. The normalized spacial score (nSPS) is 15.8. The van der Waals surface area contributed by atoms with Crippen LogP contribution in [-0.4, -0.2) is 29.7 Å². The zero-order chi connectivity index (χ0) is 18.4. The Hall–Kier alpha value is -3.16. The smallest absolute Gasteiger partial charge is 0.177 e. The summed E-state index contributed by atoms with van der Waals surface area (Å²) in [6.45, 7) is 0.231. The van der Waals surface area contributed by atoms with Crippen LogP contribution in [0.15, 0.2) is 46.5 Å². The van der Waals surface area contributed by atoms with Crippen molar-refractivity contribution >= 4 is 17.2 Å². The third-order valence-corrected chi connectivity index (χ3v) is 4.22. The second kappa shape index (κ2) is 5.98. The van der Waals surface area contributed by atoms with Crippen molar-refractivity contribution in [2.45, 2.75) is 0 Å². The second-order valence-electron chi connectivity index (χ2n) is 5.72. The van der Waals surface area contributed by atoms with Crippen LogP contribution in [0.1, 0.15) is 11.1 Å². The van der Waals surface area contributed by atoms with E-state index in [1.165, 1.54) is 6.07 Å². The fraction of sp³-hybridized carbons (Fsp3) is 0.111. The van der Waals surface area contributed by atoms with Crippen LogP contribution < -0.4 is 4.90 Å². The molecule has 0 amide bonds. The highest BCUT2D eigenvalue weighted by Crippen LogP contribution is 2.34. The molecule has 2 aromatic rings. The van der Waals surface area contributed by atoms with Crippen molar-refractivity contribution in [1.29, 1.82) is 0 Å². The quantitative estimate of drug-likeness (QED) is 0.790. The maximum absolute atomic E-state index is 14.7. The zero-order valence-corrected chi connectivity index (χ0v) is 13.2. The highest BCUT2D eigenvalue weighted by Gasteiger charge is 2.31. The molecule has 0 radical (unpaired) electrons. The van der Waals surface area contributed by atoms with Gasteiger partial charge in [-0.3, -0.25) is 4.99 Å². The van der Waals surface area contributed by atoms with Gasteiger partial charge < -0.3 is 10.0 Å². The highest BCUT2D eigenvalue weighted by molar-refractivity contribution is 6.20. The van der Waals surface area contributed by atoms with E-state index in [0.29, 0.717) is 12.4 Å². The first-order valence-corrected chi connectivity index (χ1v) is 7.68. The summed E-state index contributed by atoms with van der Waals surface area (Å²) < 4.78 is 57.4. The molecule has 0 aromatic heterocycles. The van der Waals surface area contributed by atoms with E-state index in [2.05, 4.69) is 9.98 Å². The van der Waals surface area contributed by atoms with Crippen molar-refractivity contribution in [1.82, 2.24) is 0 Å². The Morgan fingerprint density at radius 1 is 0.923 bits per heavy atom. The number of anilines is 1. The molecule has 4 rings (SSSR count). The average molecular weight is 361 g/mol. The van der Waals surface area contributed by atoms with Gasteiger partial charge >= 0.3 is 0 Å². The molecule has 0 atom stereocenters. The number of aromatic hydroxyl groups is 1. The topological polar surface area (TPSA) is 48.2 Å². The highest BCUT2D eigenvalue weighted by atomic mass is 19.2. The molecule has 0 spiro atoms. The first-order valence-electron chi connectivity index (χ1n) is 7.68. The number of fused-ring (bicyclic) bond motifs is 3. The fourth-order valence-electron chi connectivity index (χ4n) is 3.01. The van der Waals surface area contributed by atoms with E-state index in [0.717, 1.165) is 18.2 Å². The molecule has 0 saturated carbocycles. The van der Waals surface area contributed by atoms with E-state index in [9.17, 15) is 22.7 Å². The minimum atomic E-state index is -1.29. The summed E-state index contributed by atoms with van der Waals surface area (Å²) in [5.74, 6) is -5.18. The summed E-state index contributed by atoms with van der Waals surface area (Å²) in [5, 5.41) is 9.60. The predicted molar refractivity (Wildman–Crippen MR) is 88.8 cm³/mol. The molecule has 0 fully saturated rings. The molecule has 2 heterocycles. The maximum atomic E-state index is 14.7. The molecule has 132 valence electrons. The molecule has 8 heteroatoms. The minimum Gasteiger partial charge on any atom is -0.505 e. The van der Waals surface area contributed by atoms with Crippen LogP contribution in [-0.2, 0) is 0 Å². The van der Waals surface area contributed by atoms with Crippen LogP contribution in [0.25, 0.3) is 0 Å². The van der Waals surface area contributed by atoms with Gasteiger partial charge in [0.25, 0.3) is 0 Å². The van der Waals surface area contributed by atoms with E-state index in [1.807, 2.05) is 0 Å². The lowest BCUT2D eigenvalue weighted by Crippen LogP contribution is -2.34. The van der Waals surface area contributed by atoms with Crippen LogP contribution in [0, 0.1) is 23.3 Å². The van der Waals surface area contributed by atoms with E-state index in [1.54, 1.807) is 17.2 Å². The van der Waals surface area contributed by atoms with Gasteiger partial charge in [0.15, 0.2) is 23.2 Å². The summed E-state index contributed by atoms with van der Waals surface area (Å²) in [5.41, 5.74) is -1.33. The number of phenolic OH excluding ortho intramolecular Hbond substituents is 1. The minimum absolute atomic E-state index is 0.0933. The third-order valence-electron chi connectivity index (χ3n) is 4.22. The molecule has 0 bridgehead atoms. The van der Waals surface area contributed by atoms with Gasteiger partial charge in [-0.15, -0.1) is 0 Å². The number of nitrogens with zero attached hydrogens (tertiary/aromatic N) is 3. The lowest BCUT2D eigenvalue weighted by Gasteiger charge is -2.26. The second-order valence-corrected chi connectivity index (χ2v) is 5.72. The Morgan fingerprint density at radius 3 is 2.50 bits per heavy atom. The molecule has 0 aliphatic carbocycles. The van der Waals surface area contributed by atoms with Gasteiger partial charge in [0, 0.05) is 12.7 Å². The summed E-state index contributed by atoms with van der Waals surface area (Å²) in [6.07, 6.45) is 3.25. The average Bonchev–Trinajstić information content (AvgIpc) is 2.80. The number of amidine groups is 1. The van der Waals surface area contributed by atoms with Gasteiger partial charge in [-0.25, -0.2) is 22.6 Å². The van der Waals surface area contributed by atoms with Crippen LogP contribution in [0.5, 0.6) is 5.75 Å². The van der Waals surface area contributed by atoms with Gasteiger partial charge in [0.1, 0.15) is 11.7 Å². The Labute approximate surface area is 145 Å². The number of hydrogen-bond donors (Lipinski definition) is 1. The van der Waals surface area contributed by atoms with Crippen LogP contribution in [0.3, 0.4) is 0 Å². The fourth-order valence-corrected chi connectivity index (χ4v) is 3.01. The lowest BCUT2D eigenvalue weighted by atomic mass is 9.98. The lowest BCUT2D eigenvalue weighted by molar-refractivity contribution is 0.427. The van der Waals surface area contributed by atoms with Crippen molar-refractivity contribution in [2.75, 3.05) is 18.0 Å². The number of hydrogen-bond acceptors (Lipinski definition) is 4. The van der Waals surface area contributed by atoms with Crippen LogP contribution in [0.2, 0.25) is 0 Å². The molecule has 0 saturated heterocycles. The Morgan fingerprint density at radius 2 is 1.69 bits per heavy atom. The predicted octanol–water partition coefficient (Wildman–Crippen LogP) is 3.53. The van der Waals surface area contributed by atoms with E-state index < -0.39 is 40.3 Å². The monoisotopic (exact) mass is 361 g/mol. The van der Waals surface area contributed by atoms with E-state index >= 15 is 0 Å². The Bertz CT molecular complexity index is 1010. The molecular formula is C18H11F4N3O. The van der Waals surface area contributed by atoms with Crippen LogP contribution >= 0.6 is 0 Å². The number of rotatable bonds is 1. The standard InChI is InChI=1S/C18H11F4N3O/c19-9-3-5-12(26)17(22)14(9)18-15-11(4-2-10(20)16(15)21)25-7-1-6-23-13(25)8-24-18/h1-6,26H,7-8H2. The first-order chi connectivity index (χ1) is 12.5. The van der Waals surface area contributed by atoms with Gasteiger partial charge in [-0.1, -0.05) is 0 Å². The summed E-state index contributed by atoms with van der Waals surface area (Å²) >= 11 is 0. The van der Waals surface area contributed by atoms with Gasteiger partial charge in [-0.05, 0) is 30.3 Å². The van der Waals surface area contributed by atoms with Crippen molar-refractivity contribution < 1.29 is 22.7 Å². The molecule has 2 aromatic carbocycles. The Kier molecular flexibility index (Phi) is 3.75. The number of aliphatic imine (C=N–C) groups is 2. The summed E-state index contributed by atoms with van der Waals surface area (Å²) in [6, 6.07) is 3.92. The molecule has 1 N–H and O–H groups in total. The van der Waals surface area contributed by atoms with Crippen LogP contribution in [0.4, 0.5) is 23.2 Å². The molecule has 2 aliphatic heterocycles. The maximum Gasteiger partial charge on any atom is 0.177 e. The summed E-state index contributed by atoms with van der Waals surface area (Å²) in [7, 11) is 0. The largest absolute Gasteiger partial charge is 0.505 e. The summed E-state index contributed by atoms with van der Waals surface area (Å²) in [4.78, 5) is 9.84. The molecule has 26 heavy (non-hydrogen) atoms. The number of phenols is 1. The van der Waals surface area contributed by atoms with Crippen molar-refractivity contribution in [3.05, 3.63) is 70.9 Å². The van der Waals surface area contributed by atoms with Crippen molar-refractivity contribution in [3.63, 3.8) is 0 Å². The zero-order valence-electron chi connectivity index (χ0n) is 13.2. The third kappa shape index (κ3) is 2.37. The SMILES string of the molecule is Oc1ccc(F)c(C2=NCC3=NC=CCN3c3ccc(F)c(F)c32)c1F. The first kappa shape index (κ1) is 16.3. The molecule has 2 aliphatic rings. The van der Waals surface area contributed by atoms with Gasteiger partial charge in [0.2, 0.25) is 0 Å². The van der Waals surface area contributed by atoms with E-state index in [4.69, 9.17) is 0 Å². The Balaban J connectivity index is 2.05. The van der Waals surface area contributed by atoms with Gasteiger partial charge in [-0.2, -0.15) is 0 Å². The van der Waals surface area contributed by atoms with E-state index in [-0.39, 0.29) is 17.8 Å².